The summed E-state index contributed by atoms with van der Waals surface area (Å²) in [6, 6.07) is 8.08. The van der Waals surface area contributed by atoms with Gasteiger partial charge in [0.1, 0.15) is 11.9 Å². The van der Waals surface area contributed by atoms with Crippen LogP contribution in [0.1, 0.15) is 89.7 Å². The summed E-state index contributed by atoms with van der Waals surface area (Å²) in [5.74, 6) is 0.967. The van der Waals surface area contributed by atoms with Crippen LogP contribution in [0.3, 0.4) is 0 Å². The number of hydrogen-bond donors (Lipinski definition) is 0. The first-order chi connectivity index (χ1) is 12.2. The highest BCUT2D eigenvalue weighted by Gasteiger charge is 2.34. The number of benzene rings is 1. The molecule has 140 valence electrons. The average Bonchev–Trinajstić information content (AvgIpc) is 3.00. The minimum atomic E-state index is -0.0812. The lowest BCUT2D eigenvalue weighted by atomic mass is 9.95. The number of carbonyl (C=O) groups excluding carboxylic acids is 1. The highest BCUT2D eigenvalue weighted by molar-refractivity contribution is 5.74. The Morgan fingerprint density at radius 3 is 2.32 bits per heavy atom. The molecule has 0 radical (unpaired) electrons. The Morgan fingerprint density at radius 2 is 1.64 bits per heavy atom. The van der Waals surface area contributed by atoms with E-state index in [1.165, 1.54) is 38.5 Å². The van der Waals surface area contributed by atoms with E-state index in [0.717, 1.165) is 43.6 Å². The van der Waals surface area contributed by atoms with Gasteiger partial charge in [0.25, 0.3) is 0 Å². The van der Waals surface area contributed by atoms with Gasteiger partial charge in [-0.3, -0.25) is 4.79 Å². The molecule has 3 heteroatoms. The summed E-state index contributed by atoms with van der Waals surface area (Å²) in [5.41, 5.74) is 1.09. The SMILES string of the molecule is CCCCCCOc1ccc(C2CC(CCCCCC)C(=O)O2)cc1. The van der Waals surface area contributed by atoms with Gasteiger partial charge in [-0.2, -0.15) is 0 Å². The number of esters is 1. The van der Waals surface area contributed by atoms with Crippen molar-refractivity contribution in [3.05, 3.63) is 29.8 Å². The van der Waals surface area contributed by atoms with E-state index in [1.54, 1.807) is 0 Å². The molecule has 0 saturated carbocycles. The van der Waals surface area contributed by atoms with Gasteiger partial charge in [0, 0.05) is 6.42 Å². The lowest BCUT2D eigenvalue weighted by Gasteiger charge is -2.11. The van der Waals surface area contributed by atoms with Crippen LogP contribution in [0.15, 0.2) is 24.3 Å². The quantitative estimate of drug-likeness (QED) is 0.333. The molecule has 0 aromatic heterocycles. The van der Waals surface area contributed by atoms with E-state index in [-0.39, 0.29) is 18.0 Å². The summed E-state index contributed by atoms with van der Waals surface area (Å²) in [4.78, 5) is 12.1. The minimum absolute atomic E-state index is 0.0160. The monoisotopic (exact) mass is 346 g/mol. The Morgan fingerprint density at radius 1 is 0.960 bits per heavy atom. The average molecular weight is 347 g/mol. The van der Waals surface area contributed by atoms with Gasteiger partial charge >= 0.3 is 5.97 Å². The van der Waals surface area contributed by atoms with Crippen LogP contribution in [0, 0.1) is 5.92 Å². The Labute approximate surface area is 153 Å². The fourth-order valence-corrected chi connectivity index (χ4v) is 3.39. The van der Waals surface area contributed by atoms with Crippen molar-refractivity contribution >= 4 is 5.97 Å². The predicted molar refractivity (Wildman–Crippen MR) is 102 cm³/mol. The lowest BCUT2D eigenvalue weighted by molar-refractivity contribution is -0.144. The zero-order chi connectivity index (χ0) is 17.9. The third kappa shape index (κ3) is 6.72. The van der Waals surface area contributed by atoms with Crippen LogP contribution >= 0.6 is 0 Å². The third-order valence-corrected chi connectivity index (χ3v) is 5.01. The molecule has 0 N–H and O–H groups in total. The summed E-state index contributed by atoms with van der Waals surface area (Å²) in [5, 5.41) is 0. The van der Waals surface area contributed by atoms with Gasteiger partial charge < -0.3 is 9.47 Å². The Hall–Kier alpha value is -1.51. The first-order valence-corrected chi connectivity index (χ1v) is 10.2. The van der Waals surface area contributed by atoms with E-state index in [1.807, 2.05) is 24.3 Å². The minimum Gasteiger partial charge on any atom is -0.494 e. The smallest absolute Gasteiger partial charge is 0.309 e. The number of hydrogen-bond acceptors (Lipinski definition) is 3. The molecule has 25 heavy (non-hydrogen) atoms. The van der Waals surface area contributed by atoms with E-state index >= 15 is 0 Å². The van der Waals surface area contributed by atoms with Gasteiger partial charge in [-0.15, -0.1) is 0 Å². The zero-order valence-corrected chi connectivity index (χ0v) is 16.0. The van der Waals surface area contributed by atoms with Crippen molar-refractivity contribution < 1.29 is 14.3 Å². The van der Waals surface area contributed by atoms with Crippen molar-refractivity contribution in [2.24, 2.45) is 5.92 Å². The van der Waals surface area contributed by atoms with Crippen molar-refractivity contribution in [3.8, 4) is 5.75 Å². The molecule has 0 bridgehead atoms. The Kier molecular flexibility index (Phi) is 8.85. The van der Waals surface area contributed by atoms with E-state index in [0.29, 0.717) is 0 Å². The summed E-state index contributed by atoms with van der Waals surface area (Å²) in [7, 11) is 0. The molecule has 0 spiro atoms. The summed E-state index contributed by atoms with van der Waals surface area (Å²) < 4.78 is 11.4. The maximum absolute atomic E-state index is 12.1. The van der Waals surface area contributed by atoms with Gasteiger partial charge in [-0.05, 0) is 30.5 Å². The highest BCUT2D eigenvalue weighted by atomic mass is 16.6. The summed E-state index contributed by atoms with van der Waals surface area (Å²) in [6.07, 6.45) is 11.4. The van der Waals surface area contributed by atoms with Crippen LogP contribution in [0.25, 0.3) is 0 Å². The van der Waals surface area contributed by atoms with E-state index in [4.69, 9.17) is 9.47 Å². The van der Waals surface area contributed by atoms with Gasteiger partial charge in [-0.25, -0.2) is 0 Å². The van der Waals surface area contributed by atoms with Crippen LogP contribution in [0.4, 0.5) is 0 Å². The molecule has 1 fully saturated rings. The van der Waals surface area contributed by atoms with Crippen LogP contribution in [0.2, 0.25) is 0 Å². The van der Waals surface area contributed by atoms with Gasteiger partial charge in [-0.1, -0.05) is 70.9 Å². The summed E-state index contributed by atoms with van der Waals surface area (Å²) >= 11 is 0. The molecular formula is C22H34O3. The van der Waals surface area contributed by atoms with Crippen molar-refractivity contribution in [2.75, 3.05) is 6.61 Å². The molecule has 2 rings (SSSR count). The van der Waals surface area contributed by atoms with Gasteiger partial charge in [0.2, 0.25) is 0 Å². The first kappa shape index (κ1) is 19.8. The van der Waals surface area contributed by atoms with E-state index < -0.39 is 0 Å². The summed E-state index contributed by atoms with van der Waals surface area (Å²) in [6.45, 7) is 5.20. The molecule has 1 aliphatic heterocycles. The Bertz CT molecular complexity index is 494. The van der Waals surface area contributed by atoms with Crippen molar-refractivity contribution in [1.82, 2.24) is 0 Å². The van der Waals surface area contributed by atoms with Crippen LogP contribution in [0.5, 0.6) is 5.75 Å². The van der Waals surface area contributed by atoms with Crippen LogP contribution in [-0.4, -0.2) is 12.6 Å². The van der Waals surface area contributed by atoms with Crippen molar-refractivity contribution in [1.29, 1.82) is 0 Å². The molecule has 3 nitrogen and oxygen atoms in total. The molecule has 2 unspecified atom stereocenters. The highest BCUT2D eigenvalue weighted by Crippen LogP contribution is 2.36. The van der Waals surface area contributed by atoms with Crippen LogP contribution < -0.4 is 4.74 Å². The van der Waals surface area contributed by atoms with E-state index in [2.05, 4.69) is 13.8 Å². The van der Waals surface area contributed by atoms with Gasteiger partial charge in [0.15, 0.2) is 0 Å². The number of cyclic esters (lactones) is 1. The van der Waals surface area contributed by atoms with Gasteiger partial charge in [0.05, 0.1) is 12.5 Å². The zero-order valence-electron chi connectivity index (χ0n) is 16.0. The number of rotatable bonds is 12. The third-order valence-electron chi connectivity index (χ3n) is 5.01. The molecule has 0 aliphatic carbocycles. The second-order valence-corrected chi connectivity index (χ2v) is 7.19. The molecule has 1 aromatic rings. The number of unbranched alkanes of at least 4 members (excludes halogenated alkanes) is 6. The second kappa shape index (κ2) is 11.2. The Balaban J connectivity index is 1.75. The lowest BCUT2D eigenvalue weighted by Crippen LogP contribution is -2.06. The number of carbonyl (C=O) groups is 1. The maximum Gasteiger partial charge on any atom is 0.309 e. The normalized spacial score (nSPS) is 19.8. The van der Waals surface area contributed by atoms with Crippen LogP contribution in [-0.2, 0) is 9.53 Å². The number of ether oxygens (including phenoxy) is 2. The standard InChI is InChI=1S/C22H34O3/c1-3-5-7-9-11-19-17-21(25-22(19)23)18-12-14-20(15-13-18)24-16-10-8-6-4-2/h12-15,19,21H,3-11,16-17H2,1-2H3. The fourth-order valence-electron chi connectivity index (χ4n) is 3.39. The largest absolute Gasteiger partial charge is 0.494 e. The maximum atomic E-state index is 12.1. The fraction of sp³-hybridized carbons (Fsp3) is 0.682. The molecule has 1 aliphatic rings. The topological polar surface area (TPSA) is 35.5 Å². The molecule has 1 heterocycles. The van der Waals surface area contributed by atoms with Crippen molar-refractivity contribution in [3.63, 3.8) is 0 Å². The molecule has 1 saturated heterocycles. The first-order valence-electron chi connectivity index (χ1n) is 10.2. The molecular weight excluding hydrogens is 312 g/mol. The molecule has 0 amide bonds. The predicted octanol–water partition coefficient (Wildman–Crippen LogP) is 6.22. The van der Waals surface area contributed by atoms with Crippen molar-refractivity contribution in [2.45, 2.75) is 84.2 Å². The molecule has 1 aromatic carbocycles. The second-order valence-electron chi connectivity index (χ2n) is 7.19. The van der Waals surface area contributed by atoms with E-state index in [9.17, 15) is 4.79 Å². The molecule has 2 atom stereocenters.